The molecule has 0 saturated carbocycles. The first kappa shape index (κ1) is 18.4. The molecule has 6 heteroatoms. The van der Waals surface area contributed by atoms with E-state index in [1.54, 1.807) is 20.3 Å². The average molecular weight is 350 g/mol. The summed E-state index contributed by atoms with van der Waals surface area (Å²) in [7, 11) is 3.53. The third-order valence-electron chi connectivity index (χ3n) is 5.86. The minimum atomic E-state index is 0.0143. The second-order valence-electron chi connectivity index (χ2n) is 7.45. The number of furan rings is 1. The van der Waals surface area contributed by atoms with Crippen LogP contribution in [-0.2, 0) is 9.47 Å². The normalized spacial score (nSPS) is 23.5. The predicted molar refractivity (Wildman–Crippen MR) is 94.7 cm³/mol. The lowest BCUT2D eigenvalue weighted by Crippen LogP contribution is -2.47. The quantitative estimate of drug-likeness (QED) is 0.786. The topological polar surface area (TPSA) is 55.2 Å². The second kappa shape index (κ2) is 7.89. The Morgan fingerprint density at radius 2 is 2.04 bits per heavy atom. The molecule has 2 fully saturated rings. The van der Waals surface area contributed by atoms with Crippen molar-refractivity contribution in [2.75, 3.05) is 60.2 Å². The minimum Gasteiger partial charge on any atom is -0.456 e. The molecule has 0 aromatic carbocycles. The van der Waals surface area contributed by atoms with E-state index in [9.17, 15) is 4.79 Å². The van der Waals surface area contributed by atoms with Crippen LogP contribution in [0.2, 0.25) is 0 Å². The van der Waals surface area contributed by atoms with Crippen LogP contribution in [0.4, 0.5) is 0 Å². The summed E-state index contributed by atoms with van der Waals surface area (Å²) in [5.41, 5.74) is 0.250. The zero-order valence-corrected chi connectivity index (χ0v) is 15.6. The van der Waals surface area contributed by atoms with E-state index >= 15 is 0 Å². The number of hydrogen-bond acceptors (Lipinski definition) is 5. The van der Waals surface area contributed by atoms with Gasteiger partial charge in [0, 0.05) is 52.9 Å². The number of carbonyl (C=O) groups is 1. The van der Waals surface area contributed by atoms with E-state index in [1.807, 2.05) is 17.9 Å². The van der Waals surface area contributed by atoms with E-state index in [0.717, 1.165) is 64.5 Å². The number of hydrogen-bond donors (Lipinski definition) is 0. The number of likely N-dealkylation sites (tertiary alicyclic amines) is 2. The summed E-state index contributed by atoms with van der Waals surface area (Å²) >= 11 is 0. The third-order valence-corrected chi connectivity index (χ3v) is 5.86. The highest BCUT2D eigenvalue weighted by atomic mass is 16.5. The van der Waals surface area contributed by atoms with E-state index in [4.69, 9.17) is 13.9 Å². The van der Waals surface area contributed by atoms with E-state index < -0.39 is 0 Å². The van der Waals surface area contributed by atoms with Crippen molar-refractivity contribution in [1.29, 1.82) is 0 Å². The van der Waals surface area contributed by atoms with Gasteiger partial charge in [-0.3, -0.25) is 4.79 Å². The Morgan fingerprint density at radius 1 is 1.28 bits per heavy atom. The molecule has 0 radical (unpaired) electrons. The highest BCUT2D eigenvalue weighted by Gasteiger charge is 2.48. The Hall–Kier alpha value is -1.37. The van der Waals surface area contributed by atoms with Gasteiger partial charge < -0.3 is 23.7 Å². The Balaban J connectivity index is 1.63. The maximum atomic E-state index is 12.6. The molecule has 1 aromatic rings. The van der Waals surface area contributed by atoms with Crippen molar-refractivity contribution in [2.45, 2.75) is 19.8 Å². The number of piperidine rings is 1. The first-order valence-corrected chi connectivity index (χ1v) is 9.14. The lowest BCUT2D eigenvalue weighted by molar-refractivity contribution is 0.0304. The molecule has 1 atom stereocenters. The molecule has 1 spiro atoms. The summed E-state index contributed by atoms with van der Waals surface area (Å²) in [6.45, 7) is 8.09. The summed E-state index contributed by atoms with van der Waals surface area (Å²) in [5, 5.41) is 0. The van der Waals surface area contributed by atoms with Crippen molar-refractivity contribution < 1.29 is 18.7 Å². The molecule has 2 saturated heterocycles. The van der Waals surface area contributed by atoms with Gasteiger partial charge in [0.05, 0.1) is 13.2 Å². The number of aryl methyl sites for hydroxylation is 1. The number of nitrogens with zero attached hydrogens (tertiary/aromatic N) is 2. The van der Waals surface area contributed by atoms with Crippen LogP contribution >= 0.6 is 0 Å². The molecule has 0 bridgehead atoms. The van der Waals surface area contributed by atoms with Gasteiger partial charge in [0.1, 0.15) is 5.76 Å². The summed E-state index contributed by atoms with van der Waals surface area (Å²) < 4.78 is 16.2. The molecular weight excluding hydrogens is 320 g/mol. The fraction of sp³-hybridized carbons (Fsp3) is 0.737. The van der Waals surface area contributed by atoms with Crippen LogP contribution in [0, 0.1) is 18.3 Å². The molecule has 0 unspecified atom stereocenters. The minimum absolute atomic E-state index is 0.0143. The average Bonchev–Trinajstić information content (AvgIpc) is 3.18. The number of rotatable bonds is 6. The van der Waals surface area contributed by atoms with Gasteiger partial charge >= 0.3 is 0 Å². The standard InChI is InChI=1S/C19H30N2O4/c1-15-4-5-17(25-15)18(22)21-8-6-19(7-9-21)14-20(10-11-23-2)12-16(19)13-24-3/h4-5,16H,6-14H2,1-3H3/t16-/m1/s1. The van der Waals surface area contributed by atoms with Gasteiger partial charge in [-0.05, 0) is 37.3 Å². The summed E-state index contributed by atoms with van der Waals surface area (Å²) in [6, 6.07) is 3.62. The van der Waals surface area contributed by atoms with Crippen LogP contribution in [0.25, 0.3) is 0 Å². The van der Waals surface area contributed by atoms with Gasteiger partial charge in [-0.15, -0.1) is 0 Å². The van der Waals surface area contributed by atoms with Crippen LogP contribution in [0.5, 0.6) is 0 Å². The van der Waals surface area contributed by atoms with Crippen LogP contribution in [0.3, 0.4) is 0 Å². The van der Waals surface area contributed by atoms with Gasteiger partial charge in [0.2, 0.25) is 0 Å². The molecule has 140 valence electrons. The molecule has 0 N–H and O–H groups in total. The maximum Gasteiger partial charge on any atom is 0.289 e. The van der Waals surface area contributed by atoms with Crippen molar-refractivity contribution in [2.24, 2.45) is 11.3 Å². The summed E-state index contributed by atoms with van der Waals surface area (Å²) in [5.74, 6) is 1.77. The summed E-state index contributed by atoms with van der Waals surface area (Å²) in [6.07, 6.45) is 2.05. The molecule has 0 aliphatic carbocycles. The molecule has 2 aliphatic rings. The second-order valence-corrected chi connectivity index (χ2v) is 7.45. The summed E-state index contributed by atoms with van der Waals surface area (Å²) in [4.78, 5) is 17.0. The number of amides is 1. The van der Waals surface area contributed by atoms with Gasteiger partial charge in [0.15, 0.2) is 5.76 Å². The molecule has 2 aliphatic heterocycles. The fourth-order valence-electron chi connectivity index (χ4n) is 4.39. The number of carbonyl (C=O) groups excluding carboxylic acids is 1. The molecule has 3 rings (SSSR count). The van der Waals surface area contributed by atoms with Crippen LogP contribution in [-0.4, -0.2) is 75.9 Å². The monoisotopic (exact) mass is 350 g/mol. The van der Waals surface area contributed by atoms with Crippen molar-refractivity contribution in [1.82, 2.24) is 9.80 Å². The van der Waals surface area contributed by atoms with E-state index in [1.165, 1.54) is 0 Å². The Bertz CT molecular complexity index is 578. The van der Waals surface area contributed by atoms with Crippen LogP contribution < -0.4 is 0 Å². The van der Waals surface area contributed by atoms with Crippen molar-refractivity contribution in [3.63, 3.8) is 0 Å². The first-order valence-electron chi connectivity index (χ1n) is 9.14. The first-order chi connectivity index (χ1) is 12.1. The zero-order valence-electron chi connectivity index (χ0n) is 15.6. The molecule has 25 heavy (non-hydrogen) atoms. The predicted octanol–water partition coefficient (Wildman–Crippen LogP) is 2.04. The Morgan fingerprint density at radius 3 is 2.64 bits per heavy atom. The lowest BCUT2D eigenvalue weighted by atomic mass is 9.71. The lowest BCUT2D eigenvalue weighted by Gasteiger charge is -2.42. The smallest absolute Gasteiger partial charge is 0.289 e. The van der Waals surface area contributed by atoms with Crippen molar-refractivity contribution in [3.8, 4) is 0 Å². The van der Waals surface area contributed by atoms with Gasteiger partial charge in [-0.25, -0.2) is 0 Å². The number of methoxy groups -OCH3 is 2. The van der Waals surface area contributed by atoms with E-state index in [2.05, 4.69) is 4.90 Å². The fourth-order valence-corrected chi connectivity index (χ4v) is 4.39. The zero-order chi connectivity index (χ0) is 17.9. The van der Waals surface area contributed by atoms with Crippen LogP contribution in [0.15, 0.2) is 16.5 Å². The van der Waals surface area contributed by atoms with Crippen LogP contribution in [0.1, 0.15) is 29.2 Å². The Labute approximate surface area is 150 Å². The molecule has 1 amide bonds. The SMILES string of the molecule is COCCN1C[C@H](COC)C2(CCN(C(=O)c3ccc(C)o3)CC2)C1. The van der Waals surface area contributed by atoms with E-state index in [-0.39, 0.29) is 11.3 Å². The van der Waals surface area contributed by atoms with Crippen molar-refractivity contribution >= 4 is 5.91 Å². The molecule has 3 heterocycles. The maximum absolute atomic E-state index is 12.6. The van der Waals surface area contributed by atoms with E-state index in [0.29, 0.717) is 11.7 Å². The largest absolute Gasteiger partial charge is 0.456 e. The van der Waals surface area contributed by atoms with Gasteiger partial charge in [-0.1, -0.05) is 0 Å². The molecular formula is C19H30N2O4. The Kier molecular flexibility index (Phi) is 5.81. The highest BCUT2D eigenvalue weighted by molar-refractivity contribution is 5.91. The van der Waals surface area contributed by atoms with Crippen molar-refractivity contribution in [3.05, 3.63) is 23.7 Å². The molecule has 1 aromatic heterocycles. The molecule has 6 nitrogen and oxygen atoms in total. The highest BCUT2D eigenvalue weighted by Crippen LogP contribution is 2.44. The number of ether oxygens (including phenoxy) is 2. The third kappa shape index (κ3) is 3.91. The van der Waals surface area contributed by atoms with Gasteiger partial charge in [0.25, 0.3) is 5.91 Å². The van der Waals surface area contributed by atoms with Gasteiger partial charge in [-0.2, -0.15) is 0 Å².